The zero-order valence-electron chi connectivity index (χ0n) is 32.7. The van der Waals surface area contributed by atoms with Crippen molar-refractivity contribution in [3.05, 3.63) is 119 Å². The quantitative estimate of drug-likeness (QED) is 0.0545. The van der Waals surface area contributed by atoms with E-state index in [-0.39, 0.29) is 13.2 Å². The second kappa shape index (κ2) is 22.7. The van der Waals surface area contributed by atoms with Gasteiger partial charge in [0.2, 0.25) is 0 Å². The molecular formula is C44H52BF9O5S. The highest BCUT2D eigenvalue weighted by molar-refractivity contribution is 7.88. The lowest BCUT2D eigenvalue weighted by Crippen LogP contribution is -2.30. The van der Waals surface area contributed by atoms with Crippen LogP contribution in [0.5, 0.6) is 5.75 Å². The van der Waals surface area contributed by atoms with Gasteiger partial charge in [0.25, 0.3) is 0 Å². The van der Waals surface area contributed by atoms with E-state index in [0.29, 0.717) is 35.1 Å². The first-order valence-corrected chi connectivity index (χ1v) is 21.1. The Morgan fingerprint density at radius 1 is 0.600 bits per heavy atom. The van der Waals surface area contributed by atoms with Crippen molar-refractivity contribution >= 4 is 22.7 Å². The molecule has 0 radical (unpaired) electrons. The summed E-state index contributed by atoms with van der Waals surface area (Å²) in [6.45, 7) is 4.42. The van der Waals surface area contributed by atoms with Crippen LogP contribution in [0.3, 0.4) is 0 Å². The molecule has 2 aliphatic rings. The molecular weight excluding hydrogens is 822 g/mol. The molecule has 6 rings (SSSR count). The van der Waals surface area contributed by atoms with Crippen molar-refractivity contribution in [1.82, 2.24) is 0 Å². The minimum atomic E-state index is -5.60. The third-order valence-electron chi connectivity index (χ3n) is 10.9. The molecule has 4 aromatic rings. The van der Waals surface area contributed by atoms with E-state index in [9.17, 15) is 47.9 Å². The minimum Gasteiger partial charge on any atom is -0.423 e. The Morgan fingerprint density at radius 3 is 1.32 bits per heavy atom. The summed E-state index contributed by atoms with van der Waals surface area (Å²) in [6, 6.07) is 16.8. The Kier molecular flexibility index (Phi) is 19.1. The van der Waals surface area contributed by atoms with Crippen LogP contribution < -0.4 is 9.65 Å². The van der Waals surface area contributed by atoms with Gasteiger partial charge in [0.05, 0.1) is 0 Å². The molecule has 0 spiro atoms. The Bertz CT molecular complexity index is 2000. The standard InChI is InChI=1S/C21H23F3.C16H21F3O3S.C6H4BF3O2.CH4/c1-2-3-14-4-6-15(7-5-14)16-8-10-17(11-9-16)18-12-19(22)21(24)20(23)13-18;1-2-3-12-4-6-13(7-5-12)14-8-10-15(11-9-14)22-23(20,21)16(17,18)19;8-4-1-3(7(11)12)2-5(9)6(4)10;/h8-15H,2-7H2,1H3;8-13H,2-7H2,1H3;1-2,11-12H;1H4. The molecule has 0 heterocycles. The first-order chi connectivity index (χ1) is 27.8. The van der Waals surface area contributed by atoms with Crippen molar-refractivity contribution in [2.75, 3.05) is 0 Å². The monoisotopic (exact) mass is 874 g/mol. The Hall–Kier alpha value is -4.02. The highest BCUT2D eigenvalue weighted by Gasteiger charge is 2.48. The van der Waals surface area contributed by atoms with Crippen LogP contribution in [0.25, 0.3) is 11.1 Å². The van der Waals surface area contributed by atoms with E-state index in [4.69, 9.17) is 10.0 Å². The van der Waals surface area contributed by atoms with Crippen LogP contribution in [0.15, 0.2) is 72.8 Å². The summed E-state index contributed by atoms with van der Waals surface area (Å²) in [5, 5.41) is 16.9. The van der Waals surface area contributed by atoms with Gasteiger partial charge in [0.1, 0.15) is 5.75 Å². The lowest BCUT2D eigenvalue weighted by molar-refractivity contribution is -0.0500. The van der Waals surface area contributed by atoms with Crippen LogP contribution >= 0.6 is 0 Å². The van der Waals surface area contributed by atoms with Crippen LogP contribution in [-0.4, -0.2) is 31.1 Å². The summed E-state index contributed by atoms with van der Waals surface area (Å²) in [7, 11) is -7.61. The smallest absolute Gasteiger partial charge is 0.423 e. The van der Waals surface area contributed by atoms with E-state index in [1.807, 2.05) is 24.3 Å². The predicted octanol–water partition coefficient (Wildman–Crippen LogP) is 12.3. The fourth-order valence-corrected chi connectivity index (χ4v) is 8.21. The molecule has 0 saturated heterocycles. The summed E-state index contributed by atoms with van der Waals surface area (Å²) in [6.07, 6.45) is 14.5. The van der Waals surface area contributed by atoms with Crippen LogP contribution in [-0.2, 0) is 10.1 Å². The third kappa shape index (κ3) is 14.0. The maximum atomic E-state index is 13.4. The molecule has 0 amide bonds. The molecule has 0 aromatic heterocycles. The molecule has 4 aromatic carbocycles. The van der Waals surface area contributed by atoms with Gasteiger partial charge in [-0.1, -0.05) is 83.4 Å². The normalized spacial score (nSPS) is 19.1. The van der Waals surface area contributed by atoms with E-state index < -0.39 is 63.1 Å². The molecule has 330 valence electrons. The number of rotatable bonds is 10. The summed E-state index contributed by atoms with van der Waals surface area (Å²) in [5.41, 5.74) is -2.45. The van der Waals surface area contributed by atoms with Crippen LogP contribution in [0.4, 0.5) is 39.5 Å². The van der Waals surface area contributed by atoms with E-state index >= 15 is 0 Å². The van der Waals surface area contributed by atoms with Gasteiger partial charge in [-0.3, -0.25) is 0 Å². The van der Waals surface area contributed by atoms with Gasteiger partial charge in [-0.05, 0) is 139 Å². The van der Waals surface area contributed by atoms with Crippen molar-refractivity contribution < 1.29 is 62.2 Å². The fraction of sp³-hybridized carbons (Fsp3) is 0.455. The molecule has 60 heavy (non-hydrogen) atoms. The summed E-state index contributed by atoms with van der Waals surface area (Å²) >= 11 is 0. The maximum Gasteiger partial charge on any atom is 0.534 e. The van der Waals surface area contributed by atoms with Crippen molar-refractivity contribution in [3.8, 4) is 16.9 Å². The first-order valence-electron chi connectivity index (χ1n) is 19.7. The van der Waals surface area contributed by atoms with Gasteiger partial charge >= 0.3 is 22.7 Å². The molecule has 0 atom stereocenters. The van der Waals surface area contributed by atoms with Gasteiger partial charge in [0.15, 0.2) is 34.9 Å². The highest BCUT2D eigenvalue weighted by Crippen LogP contribution is 2.39. The van der Waals surface area contributed by atoms with Gasteiger partial charge in [0, 0.05) is 0 Å². The van der Waals surface area contributed by atoms with Gasteiger partial charge in [-0.15, -0.1) is 0 Å². The fourth-order valence-electron chi connectivity index (χ4n) is 7.75. The van der Waals surface area contributed by atoms with Crippen molar-refractivity contribution in [2.45, 2.75) is 116 Å². The first kappa shape index (κ1) is 50.3. The van der Waals surface area contributed by atoms with Crippen LogP contribution in [0.1, 0.15) is 121 Å². The lowest BCUT2D eigenvalue weighted by atomic mass is 9.77. The van der Waals surface area contributed by atoms with Crippen molar-refractivity contribution in [1.29, 1.82) is 0 Å². The number of hydrogen-bond acceptors (Lipinski definition) is 5. The number of benzene rings is 4. The zero-order valence-corrected chi connectivity index (χ0v) is 33.5. The Labute approximate surface area is 347 Å². The molecule has 0 bridgehead atoms. The second-order valence-corrected chi connectivity index (χ2v) is 16.7. The molecule has 0 aliphatic heterocycles. The molecule has 5 nitrogen and oxygen atoms in total. The van der Waals surface area contributed by atoms with Gasteiger partial charge in [-0.2, -0.15) is 21.6 Å². The van der Waals surface area contributed by atoms with E-state index in [1.165, 1.54) is 81.9 Å². The lowest BCUT2D eigenvalue weighted by Gasteiger charge is -2.28. The summed E-state index contributed by atoms with van der Waals surface area (Å²) < 4.78 is 140. The third-order valence-corrected chi connectivity index (χ3v) is 11.9. The average molecular weight is 875 g/mol. The topological polar surface area (TPSA) is 83.8 Å². The summed E-state index contributed by atoms with van der Waals surface area (Å²) in [5.74, 6) is -5.94. The predicted molar refractivity (Wildman–Crippen MR) is 216 cm³/mol. The van der Waals surface area contributed by atoms with Crippen LogP contribution in [0, 0.1) is 46.7 Å². The largest absolute Gasteiger partial charge is 0.534 e. The summed E-state index contributed by atoms with van der Waals surface area (Å²) in [4.78, 5) is 0. The molecule has 2 N–H and O–H groups in total. The van der Waals surface area contributed by atoms with Gasteiger partial charge < -0.3 is 14.2 Å². The van der Waals surface area contributed by atoms with Crippen molar-refractivity contribution in [2.24, 2.45) is 11.8 Å². The molecule has 0 unspecified atom stereocenters. The van der Waals surface area contributed by atoms with E-state index in [1.54, 1.807) is 12.1 Å². The average Bonchev–Trinajstić information content (AvgIpc) is 3.20. The zero-order chi connectivity index (χ0) is 43.5. The Morgan fingerprint density at radius 2 is 0.967 bits per heavy atom. The number of alkyl halides is 3. The van der Waals surface area contributed by atoms with Crippen LogP contribution in [0.2, 0.25) is 0 Å². The SMILES string of the molecule is C.CCCC1CCC(c2ccc(-c3cc(F)c(F)c(F)c3)cc2)CC1.CCCC1CCC(c2ccc(OS(=O)(=O)C(F)(F)F)cc2)CC1.OB(O)c1cc(F)c(F)c(F)c1. The molecule has 2 saturated carbocycles. The second-order valence-electron chi connectivity index (χ2n) is 15.1. The molecule has 2 aliphatic carbocycles. The van der Waals surface area contributed by atoms with Crippen molar-refractivity contribution in [3.63, 3.8) is 0 Å². The Balaban J connectivity index is 0.000000251. The number of hydrogen-bond donors (Lipinski definition) is 2. The molecule has 16 heteroatoms. The van der Waals surface area contributed by atoms with Gasteiger partial charge in [-0.25, -0.2) is 26.3 Å². The minimum absolute atomic E-state index is 0. The van der Waals surface area contributed by atoms with E-state index in [0.717, 1.165) is 42.4 Å². The highest BCUT2D eigenvalue weighted by atomic mass is 32.2. The maximum absolute atomic E-state index is 13.4. The molecule has 2 fully saturated rings. The number of halogens is 9. The van der Waals surface area contributed by atoms with E-state index in [2.05, 4.69) is 18.0 Å².